The Balaban J connectivity index is 2.53. The van der Waals surface area contributed by atoms with Crippen molar-refractivity contribution >= 4 is 6.29 Å². The first kappa shape index (κ1) is 9.58. The average Bonchev–Trinajstić information content (AvgIpc) is 2.60. The number of nitrogens with zero attached hydrogens (tertiary/aromatic N) is 2. The summed E-state index contributed by atoms with van der Waals surface area (Å²) < 4.78 is 14.5. The van der Waals surface area contributed by atoms with Crippen molar-refractivity contribution in [2.45, 2.75) is 6.92 Å². The number of aldehydes is 1. The van der Waals surface area contributed by atoms with E-state index < -0.39 is 0 Å². The molecule has 1 heterocycles. The van der Waals surface area contributed by atoms with E-state index in [0.717, 1.165) is 5.69 Å². The third kappa shape index (κ3) is 1.79. The van der Waals surface area contributed by atoms with Gasteiger partial charge in [-0.1, -0.05) is 6.07 Å². The Bertz CT molecular complexity index is 505. The zero-order valence-electron chi connectivity index (χ0n) is 8.14. The van der Waals surface area contributed by atoms with Crippen LogP contribution in [0.5, 0.6) is 0 Å². The number of aryl methyl sites for hydroxylation is 1. The van der Waals surface area contributed by atoms with E-state index in [-0.39, 0.29) is 5.82 Å². The molecule has 3 nitrogen and oxygen atoms in total. The summed E-state index contributed by atoms with van der Waals surface area (Å²) in [5.41, 5.74) is 1.75. The number of carbonyl (C=O) groups excluding carboxylic acids is 1. The van der Waals surface area contributed by atoms with Crippen LogP contribution in [0, 0.1) is 12.7 Å². The Hall–Kier alpha value is -1.97. The zero-order valence-corrected chi connectivity index (χ0v) is 8.14. The van der Waals surface area contributed by atoms with E-state index in [2.05, 4.69) is 5.10 Å². The molecule has 0 aliphatic heterocycles. The molecule has 0 aliphatic carbocycles. The van der Waals surface area contributed by atoms with Crippen molar-refractivity contribution in [2.24, 2.45) is 0 Å². The van der Waals surface area contributed by atoms with Crippen LogP contribution >= 0.6 is 0 Å². The summed E-state index contributed by atoms with van der Waals surface area (Å²) >= 11 is 0. The lowest BCUT2D eigenvalue weighted by molar-refractivity contribution is 0.111. The molecule has 1 aromatic heterocycles. The van der Waals surface area contributed by atoms with Gasteiger partial charge in [-0.3, -0.25) is 4.79 Å². The van der Waals surface area contributed by atoms with Crippen molar-refractivity contribution in [1.29, 1.82) is 0 Å². The van der Waals surface area contributed by atoms with Crippen molar-refractivity contribution in [3.63, 3.8) is 0 Å². The van der Waals surface area contributed by atoms with E-state index in [1.165, 1.54) is 16.8 Å². The minimum absolute atomic E-state index is 0.324. The maximum atomic E-state index is 13.0. The molecule has 0 bridgehead atoms. The minimum Gasteiger partial charge on any atom is -0.296 e. The third-order valence-electron chi connectivity index (χ3n) is 2.08. The molecule has 0 fully saturated rings. The Morgan fingerprint density at radius 2 is 2.20 bits per heavy atom. The number of hydrogen-bond acceptors (Lipinski definition) is 2. The van der Waals surface area contributed by atoms with Gasteiger partial charge >= 0.3 is 0 Å². The Labute approximate surface area is 86.2 Å². The highest BCUT2D eigenvalue weighted by atomic mass is 19.1. The van der Waals surface area contributed by atoms with E-state index >= 15 is 0 Å². The second kappa shape index (κ2) is 3.65. The maximum Gasteiger partial charge on any atom is 0.170 e. The lowest BCUT2D eigenvalue weighted by atomic mass is 10.3. The standard InChI is InChI=1S/C11H9FN2O/c1-8-5-10(7-15)13-14(8)11-4-2-3-9(12)6-11/h2-7H,1H3. The smallest absolute Gasteiger partial charge is 0.170 e. The summed E-state index contributed by atoms with van der Waals surface area (Å²) in [5, 5.41) is 4.02. The van der Waals surface area contributed by atoms with Crippen LogP contribution in [0.15, 0.2) is 30.3 Å². The maximum absolute atomic E-state index is 13.0. The molecule has 4 heteroatoms. The summed E-state index contributed by atoms with van der Waals surface area (Å²) in [6.45, 7) is 1.81. The van der Waals surface area contributed by atoms with Gasteiger partial charge in [0.2, 0.25) is 0 Å². The summed E-state index contributed by atoms with van der Waals surface area (Å²) in [4.78, 5) is 10.5. The molecule has 15 heavy (non-hydrogen) atoms. The average molecular weight is 204 g/mol. The Kier molecular flexibility index (Phi) is 2.33. The molecule has 2 rings (SSSR count). The van der Waals surface area contributed by atoms with Crippen LogP contribution in [0.1, 0.15) is 16.2 Å². The SMILES string of the molecule is Cc1cc(C=O)nn1-c1cccc(F)c1. The molecular weight excluding hydrogens is 195 g/mol. The second-order valence-electron chi connectivity index (χ2n) is 3.22. The molecule has 0 spiro atoms. The van der Waals surface area contributed by atoms with Gasteiger partial charge < -0.3 is 0 Å². The van der Waals surface area contributed by atoms with E-state index in [0.29, 0.717) is 17.7 Å². The summed E-state index contributed by atoms with van der Waals surface area (Å²) in [5.74, 6) is -0.324. The summed E-state index contributed by atoms with van der Waals surface area (Å²) in [7, 11) is 0. The van der Waals surface area contributed by atoms with Crippen molar-refractivity contribution in [3.05, 3.63) is 47.5 Å². The molecule has 76 valence electrons. The van der Waals surface area contributed by atoms with Gasteiger partial charge in [0.15, 0.2) is 6.29 Å². The van der Waals surface area contributed by atoms with E-state index in [4.69, 9.17) is 0 Å². The fourth-order valence-electron chi connectivity index (χ4n) is 1.43. The van der Waals surface area contributed by atoms with Crippen molar-refractivity contribution in [3.8, 4) is 5.69 Å². The predicted molar refractivity (Wildman–Crippen MR) is 53.6 cm³/mol. The molecule has 0 amide bonds. The van der Waals surface area contributed by atoms with Gasteiger partial charge in [0.05, 0.1) is 5.69 Å². The highest BCUT2D eigenvalue weighted by Crippen LogP contribution is 2.12. The van der Waals surface area contributed by atoms with E-state index in [1.807, 2.05) is 6.92 Å². The second-order valence-corrected chi connectivity index (χ2v) is 3.22. The lowest BCUT2D eigenvalue weighted by Gasteiger charge is -2.03. The Morgan fingerprint density at radius 3 is 2.80 bits per heavy atom. The number of rotatable bonds is 2. The van der Waals surface area contributed by atoms with Crippen LogP contribution in [0.25, 0.3) is 5.69 Å². The van der Waals surface area contributed by atoms with Crippen molar-refractivity contribution in [2.75, 3.05) is 0 Å². The van der Waals surface area contributed by atoms with Crippen LogP contribution in [0.2, 0.25) is 0 Å². The topological polar surface area (TPSA) is 34.9 Å². The molecule has 2 aromatic rings. The van der Waals surface area contributed by atoms with Crippen LogP contribution in [0.4, 0.5) is 4.39 Å². The summed E-state index contributed by atoms with van der Waals surface area (Å²) in [6.07, 6.45) is 0.669. The first-order valence-corrected chi connectivity index (χ1v) is 4.48. The lowest BCUT2D eigenvalue weighted by Crippen LogP contribution is -1.99. The molecule has 0 aliphatic rings. The number of hydrogen-bond donors (Lipinski definition) is 0. The van der Waals surface area contributed by atoms with Gasteiger partial charge in [0.1, 0.15) is 11.5 Å². The van der Waals surface area contributed by atoms with Crippen LogP contribution < -0.4 is 0 Å². The molecule has 0 atom stereocenters. The normalized spacial score (nSPS) is 10.3. The predicted octanol–water partition coefficient (Wildman–Crippen LogP) is 2.13. The fourth-order valence-corrected chi connectivity index (χ4v) is 1.43. The quantitative estimate of drug-likeness (QED) is 0.702. The van der Waals surface area contributed by atoms with Crippen LogP contribution in [-0.2, 0) is 0 Å². The number of aromatic nitrogens is 2. The van der Waals surface area contributed by atoms with E-state index in [9.17, 15) is 9.18 Å². The molecule has 0 N–H and O–H groups in total. The van der Waals surface area contributed by atoms with Crippen LogP contribution in [0.3, 0.4) is 0 Å². The highest BCUT2D eigenvalue weighted by molar-refractivity contribution is 5.71. The molecule has 0 radical (unpaired) electrons. The van der Waals surface area contributed by atoms with Gasteiger partial charge in [0.25, 0.3) is 0 Å². The monoisotopic (exact) mass is 204 g/mol. The van der Waals surface area contributed by atoms with Crippen molar-refractivity contribution in [1.82, 2.24) is 9.78 Å². The fraction of sp³-hybridized carbons (Fsp3) is 0.0909. The molecular formula is C11H9FN2O. The highest BCUT2D eigenvalue weighted by Gasteiger charge is 2.05. The van der Waals surface area contributed by atoms with Gasteiger partial charge in [-0.2, -0.15) is 5.10 Å². The first-order valence-electron chi connectivity index (χ1n) is 4.48. The largest absolute Gasteiger partial charge is 0.296 e. The van der Waals surface area contributed by atoms with Gasteiger partial charge in [0, 0.05) is 5.69 Å². The molecule has 0 saturated carbocycles. The molecule has 0 saturated heterocycles. The Morgan fingerprint density at radius 1 is 1.40 bits per heavy atom. The van der Waals surface area contributed by atoms with Gasteiger partial charge in [-0.15, -0.1) is 0 Å². The number of benzene rings is 1. The number of carbonyl (C=O) groups is 1. The summed E-state index contributed by atoms with van der Waals surface area (Å²) in [6, 6.07) is 7.72. The zero-order chi connectivity index (χ0) is 10.8. The third-order valence-corrected chi connectivity index (χ3v) is 2.08. The number of halogens is 1. The van der Waals surface area contributed by atoms with Crippen LogP contribution in [-0.4, -0.2) is 16.1 Å². The van der Waals surface area contributed by atoms with Gasteiger partial charge in [-0.05, 0) is 31.2 Å². The molecule has 0 unspecified atom stereocenters. The van der Waals surface area contributed by atoms with Crippen molar-refractivity contribution < 1.29 is 9.18 Å². The van der Waals surface area contributed by atoms with E-state index in [1.54, 1.807) is 18.2 Å². The first-order chi connectivity index (χ1) is 7.20. The minimum atomic E-state index is -0.324. The van der Waals surface area contributed by atoms with Gasteiger partial charge in [-0.25, -0.2) is 9.07 Å². The molecule has 1 aromatic carbocycles.